The Morgan fingerprint density at radius 2 is 2.06 bits per heavy atom. The number of carbonyl (C=O) groups excluding carboxylic acids is 1. The third-order valence-electron chi connectivity index (χ3n) is 1.66. The highest BCUT2D eigenvalue weighted by Crippen LogP contribution is 2.16. The molecule has 0 aromatic heterocycles. The first-order chi connectivity index (χ1) is 7.76. The summed E-state index contributed by atoms with van der Waals surface area (Å²) in [7, 11) is 1.59. The molecule has 2 amide bonds. The lowest BCUT2D eigenvalue weighted by atomic mass is 10.3. The van der Waals surface area contributed by atoms with Crippen LogP contribution in [0.5, 0.6) is 5.75 Å². The molecule has 1 aromatic rings. The fourth-order valence-corrected chi connectivity index (χ4v) is 1.04. The van der Waals surface area contributed by atoms with Gasteiger partial charge in [0.1, 0.15) is 5.75 Å². The number of benzene rings is 1. The summed E-state index contributed by atoms with van der Waals surface area (Å²) in [5, 5.41) is 5.33. The topological polar surface area (TPSA) is 50.4 Å². The van der Waals surface area contributed by atoms with Gasteiger partial charge in [-0.1, -0.05) is 19.9 Å². The van der Waals surface area contributed by atoms with E-state index in [2.05, 4.69) is 10.6 Å². The van der Waals surface area contributed by atoms with Crippen LogP contribution in [-0.2, 0) is 0 Å². The van der Waals surface area contributed by atoms with Crippen LogP contribution in [0.1, 0.15) is 20.8 Å². The Kier molecular flexibility index (Phi) is 7.67. The zero-order chi connectivity index (χ0) is 12.4. The second kappa shape index (κ2) is 8.59. The molecule has 0 aliphatic heterocycles. The Morgan fingerprint density at radius 1 is 1.38 bits per heavy atom. The van der Waals surface area contributed by atoms with Gasteiger partial charge in [0.15, 0.2) is 0 Å². The quantitative estimate of drug-likeness (QED) is 0.829. The molecule has 0 aliphatic carbocycles. The molecule has 90 valence electrons. The van der Waals surface area contributed by atoms with Gasteiger partial charge in [-0.15, -0.1) is 0 Å². The Bertz CT molecular complexity index is 314. The van der Waals surface area contributed by atoms with Crippen molar-refractivity contribution in [3.63, 3.8) is 0 Å². The van der Waals surface area contributed by atoms with Crippen LogP contribution in [-0.4, -0.2) is 19.7 Å². The Hall–Kier alpha value is -1.71. The second-order valence-electron chi connectivity index (χ2n) is 2.72. The Morgan fingerprint density at radius 3 is 2.62 bits per heavy atom. The predicted molar refractivity (Wildman–Crippen MR) is 67.0 cm³/mol. The van der Waals surface area contributed by atoms with Crippen molar-refractivity contribution < 1.29 is 9.53 Å². The first kappa shape index (κ1) is 14.3. The van der Waals surface area contributed by atoms with E-state index in [-0.39, 0.29) is 6.03 Å². The standard InChI is InChI=1S/C10H14N2O2.C2H6/c1-3-11-10(13)12-8-5-4-6-9(7-8)14-2;1-2/h4-7H,3H2,1-2H3,(H2,11,12,13);1-2H3. The summed E-state index contributed by atoms with van der Waals surface area (Å²) in [4.78, 5) is 11.1. The Balaban J connectivity index is 0.00000106. The van der Waals surface area contributed by atoms with Gasteiger partial charge in [0.05, 0.1) is 7.11 Å². The van der Waals surface area contributed by atoms with E-state index in [9.17, 15) is 4.79 Å². The molecular weight excluding hydrogens is 204 g/mol. The number of rotatable bonds is 3. The summed E-state index contributed by atoms with van der Waals surface area (Å²) in [6.45, 7) is 6.47. The van der Waals surface area contributed by atoms with Gasteiger partial charge in [-0.05, 0) is 19.1 Å². The zero-order valence-electron chi connectivity index (χ0n) is 10.3. The van der Waals surface area contributed by atoms with Crippen LogP contribution in [0.25, 0.3) is 0 Å². The lowest BCUT2D eigenvalue weighted by Gasteiger charge is -2.06. The van der Waals surface area contributed by atoms with E-state index in [4.69, 9.17) is 4.74 Å². The lowest BCUT2D eigenvalue weighted by Crippen LogP contribution is -2.28. The minimum absolute atomic E-state index is 0.208. The zero-order valence-corrected chi connectivity index (χ0v) is 10.3. The molecule has 0 spiro atoms. The summed E-state index contributed by atoms with van der Waals surface area (Å²) in [5.41, 5.74) is 0.718. The summed E-state index contributed by atoms with van der Waals surface area (Å²) in [6, 6.07) is 7.00. The summed E-state index contributed by atoms with van der Waals surface area (Å²) in [5.74, 6) is 0.722. The van der Waals surface area contributed by atoms with Crippen molar-refractivity contribution in [3.05, 3.63) is 24.3 Å². The van der Waals surface area contributed by atoms with E-state index in [1.165, 1.54) is 0 Å². The highest BCUT2D eigenvalue weighted by Gasteiger charge is 1.99. The van der Waals surface area contributed by atoms with E-state index in [0.717, 1.165) is 11.4 Å². The number of amides is 2. The maximum Gasteiger partial charge on any atom is 0.319 e. The van der Waals surface area contributed by atoms with Crippen molar-refractivity contribution in [1.82, 2.24) is 5.32 Å². The number of methoxy groups -OCH3 is 1. The van der Waals surface area contributed by atoms with Gasteiger partial charge in [0.25, 0.3) is 0 Å². The van der Waals surface area contributed by atoms with E-state index in [1.54, 1.807) is 19.2 Å². The van der Waals surface area contributed by atoms with Crippen molar-refractivity contribution in [2.24, 2.45) is 0 Å². The molecule has 0 aliphatic rings. The van der Waals surface area contributed by atoms with Crippen LogP contribution < -0.4 is 15.4 Å². The minimum Gasteiger partial charge on any atom is -0.497 e. The first-order valence-corrected chi connectivity index (χ1v) is 5.45. The molecule has 4 heteroatoms. The molecule has 0 unspecified atom stereocenters. The van der Waals surface area contributed by atoms with Crippen LogP contribution in [0.4, 0.5) is 10.5 Å². The van der Waals surface area contributed by atoms with Crippen molar-refractivity contribution in [3.8, 4) is 5.75 Å². The maximum absolute atomic E-state index is 11.1. The average molecular weight is 224 g/mol. The van der Waals surface area contributed by atoms with Crippen LogP contribution in [0.2, 0.25) is 0 Å². The number of nitrogens with one attached hydrogen (secondary N) is 2. The van der Waals surface area contributed by atoms with Crippen LogP contribution in [0.15, 0.2) is 24.3 Å². The van der Waals surface area contributed by atoms with Gasteiger partial charge in [0, 0.05) is 18.3 Å². The smallest absolute Gasteiger partial charge is 0.319 e. The number of hydrogen-bond acceptors (Lipinski definition) is 2. The molecular formula is C12H20N2O2. The van der Waals surface area contributed by atoms with Crippen LogP contribution >= 0.6 is 0 Å². The highest BCUT2D eigenvalue weighted by molar-refractivity contribution is 5.89. The third-order valence-corrected chi connectivity index (χ3v) is 1.66. The number of hydrogen-bond donors (Lipinski definition) is 2. The van der Waals surface area contributed by atoms with E-state index in [1.807, 2.05) is 32.9 Å². The van der Waals surface area contributed by atoms with E-state index >= 15 is 0 Å². The third kappa shape index (κ3) is 5.24. The number of anilines is 1. The van der Waals surface area contributed by atoms with Crippen LogP contribution in [0, 0.1) is 0 Å². The molecule has 0 fully saturated rings. The molecule has 0 atom stereocenters. The minimum atomic E-state index is -0.208. The van der Waals surface area contributed by atoms with Gasteiger partial charge >= 0.3 is 6.03 Å². The number of urea groups is 1. The Labute approximate surface area is 97.0 Å². The molecule has 0 saturated carbocycles. The second-order valence-corrected chi connectivity index (χ2v) is 2.72. The van der Waals surface area contributed by atoms with Crippen LogP contribution in [0.3, 0.4) is 0 Å². The molecule has 16 heavy (non-hydrogen) atoms. The van der Waals surface area contributed by atoms with E-state index in [0.29, 0.717) is 6.54 Å². The van der Waals surface area contributed by atoms with Crippen molar-refractivity contribution in [2.45, 2.75) is 20.8 Å². The molecule has 0 bridgehead atoms. The fraction of sp³-hybridized carbons (Fsp3) is 0.417. The van der Waals surface area contributed by atoms with Crippen molar-refractivity contribution >= 4 is 11.7 Å². The number of ether oxygens (including phenoxy) is 1. The van der Waals surface area contributed by atoms with Gasteiger partial charge in [-0.2, -0.15) is 0 Å². The molecule has 4 nitrogen and oxygen atoms in total. The molecule has 1 rings (SSSR count). The molecule has 0 radical (unpaired) electrons. The van der Waals surface area contributed by atoms with Gasteiger partial charge < -0.3 is 15.4 Å². The average Bonchev–Trinajstić information content (AvgIpc) is 2.32. The molecule has 1 aromatic carbocycles. The van der Waals surface area contributed by atoms with Crippen molar-refractivity contribution in [1.29, 1.82) is 0 Å². The van der Waals surface area contributed by atoms with Gasteiger partial charge in [-0.25, -0.2) is 4.79 Å². The van der Waals surface area contributed by atoms with Crippen molar-refractivity contribution in [2.75, 3.05) is 19.0 Å². The summed E-state index contributed by atoms with van der Waals surface area (Å²) < 4.78 is 5.02. The number of carbonyl (C=O) groups is 1. The van der Waals surface area contributed by atoms with E-state index < -0.39 is 0 Å². The fourth-order valence-electron chi connectivity index (χ4n) is 1.04. The largest absolute Gasteiger partial charge is 0.497 e. The monoisotopic (exact) mass is 224 g/mol. The van der Waals surface area contributed by atoms with Gasteiger partial charge in [0.2, 0.25) is 0 Å². The lowest BCUT2D eigenvalue weighted by molar-refractivity contribution is 0.252. The summed E-state index contributed by atoms with van der Waals surface area (Å²) in [6.07, 6.45) is 0. The molecule has 0 saturated heterocycles. The molecule has 2 N–H and O–H groups in total. The van der Waals surface area contributed by atoms with Gasteiger partial charge in [-0.3, -0.25) is 0 Å². The summed E-state index contributed by atoms with van der Waals surface area (Å²) >= 11 is 0. The molecule has 0 heterocycles. The SMILES string of the molecule is CC.CCNC(=O)Nc1cccc(OC)c1. The highest BCUT2D eigenvalue weighted by atomic mass is 16.5. The predicted octanol–water partition coefficient (Wildman–Crippen LogP) is 2.86. The normalized spacial score (nSPS) is 8.50. The first-order valence-electron chi connectivity index (χ1n) is 5.45. The maximum atomic E-state index is 11.1.